The molecule has 0 unspecified atom stereocenters. The molecule has 1 aliphatic rings. The van der Waals surface area contributed by atoms with E-state index in [1.54, 1.807) is 35.7 Å². The summed E-state index contributed by atoms with van der Waals surface area (Å²) in [7, 11) is 0. The van der Waals surface area contributed by atoms with Crippen LogP contribution in [-0.2, 0) is 19.3 Å². The number of rotatable bonds is 3. The van der Waals surface area contributed by atoms with Crippen LogP contribution in [0.3, 0.4) is 0 Å². The second-order valence-electron chi connectivity index (χ2n) is 5.85. The van der Waals surface area contributed by atoms with Crippen molar-refractivity contribution >= 4 is 6.21 Å². The van der Waals surface area contributed by atoms with Gasteiger partial charge in [-0.3, -0.25) is 14.7 Å². The van der Waals surface area contributed by atoms with Gasteiger partial charge in [0.25, 0.3) is 0 Å². The van der Waals surface area contributed by atoms with Crippen molar-refractivity contribution in [3.63, 3.8) is 0 Å². The van der Waals surface area contributed by atoms with Crippen LogP contribution in [0.2, 0.25) is 0 Å². The summed E-state index contributed by atoms with van der Waals surface area (Å²) in [6, 6.07) is 6.09. The average molecular weight is 342 g/mol. The van der Waals surface area contributed by atoms with E-state index in [0.717, 1.165) is 11.1 Å². The Bertz CT molecular complexity index is 943. The number of aromatic nitrogens is 3. The fourth-order valence-electron chi connectivity index (χ4n) is 2.90. The largest absolute Gasteiger partial charge is 0.416 e. The molecule has 7 heteroatoms. The first kappa shape index (κ1) is 15.6. The van der Waals surface area contributed by atoms with Crippen LogP contribution in [0.25, 0.3) is 11.1 Å². The summed E-state index contributed by atoms with van der Waals surface area (Å²) in [4.78, 5) is 8.07. The fraction of sp³-hybridized carbons (Fsp3) is 0.167. The third-order valence-corrected chi connectivity index (χ3v) is 4.11. The van der Waals surface area contributed by atoms with Crippen molar-refractivity contribution in [1.82, 2.24) is 14.8 Å². The van der Waals surface area contributed by atoms with Crippen molar-refractivity contribution in [2.75, 3.05) is 0 Å². The molecule has 0 saturated carbocycles. The van der Waals surface area contributed by atoms with Gasteiger partial charge in [0, 0.05) is 35.9 Å². The minimum absolute atomic E-state index is 0.275. The van der Waals surface area contributed by atoms with Gasteiger partial charge in [-0.2, -0.15) is 18.3 Å². The lowest BCUT2D eigenvalue weighted by molar-refractivity contribution is -0.137. The van der Waals surface area contributed by atoms with Gasteiger partial charge in [0.2, 0.25) is 0 Å². The summed E-state index contributed by atoms with van der Waals surface area (Å²) < 4.78 is 41.2. The van der Waals surface area contributed by atoms with Crippen LogP contribution in [0.15, 0.2) is 54.0 Å². The van der Waals surface area contributed by atoms with E-state index in [2.05, 4.69) is 15.1 Å². The van der Waals surface area contributed by atoms with E-state index < -0.39 is 11.7 Å². The van der Waals surface area contributed by atoms with E-state index in [9.17, 15) is 13.2 Å². The Balaban J connectivity index is 1.73. The molecule has 3 heterocycles. The second-order valence-corrected chi connectivity index (χ2v) is 5.85. The van der Waals surface area contributed by atoms with Crippen molar-refractivity contribution in [3.8, 4) is 11.1 Å². The van der Waals surface area contributed by atoms with E-state index >= 15 is 0 Å². The van der Waals surface area contributed by atoms with Gasteiger partial charge in [0.1, 0.15) is 0 Å². The van der Waals surface area contributed by atoms with E-state index in [1.807, 2.05) is 12.1 Å². The van der Waals surface area contributed by atoms with E-state index in [1.165, 1.54) is 12.1 Å². The van der Waals surface area contributed by atoms with Crippen molar-refractivity contribution < 1.29 is 13.2 Å². The maximum atomic E-state index is 13.2. The van der Waals surface area contributed by atoms with Gasteiger partial charge in [-0.25, -0.2) is 0 Å². The zero-order valence-corrected chi connectivity index (χ0v) is 13.0. The summed E-state index contributed by atoms with van der Waals surface area (Å²) in [5, 5.41) is 4.28. The molecular formula is C18H13F3N4. The van der Waals surface area contributed by atoms with Gasteiger partial charge < -0.3 is 0 Å². The number of nitrogens with zero attached hydrogens (tertiary/aromatic N) is 4. The molecule has 1 aromatic carbocycles. The Morgan fingerprint density at radius 3 is 2.68 bits per heavy atom. The average Bonchev–Trinajstić information content (AvgIpc) is 3.23. The topological polar surface area (TPSA) is 43.1 Å². The minimum atomic E-state index is -4.39. The Morgan fingerprint density at radius 1 is 1.12 bits per heavy atom. The Kier molecular flexibility index (Phi) is 3.63. The highest BCUT2D eigenvalue weighted by atomic mass is 19.4. The fourth-order valence-corrected chi connectivity index (χ4v) is 2.90. The molecule has 1 aliphatic heterocycles. The molecule has 0 bridgehead atoms. The second kappa shape index (κ2) is 5.84. The number of halogens is 3. The molecule has 0 N–H and O–H groups in total. The summed E-state index contributed by atoms with van der Waals surface area (Å²) in [5.74, 6) is 0. The van der Waals surface area contributed by atoms with Gasteiger partial charge in [0.15, 0.2) is 0 Å². The summed E-state index contributed by atoms with van der Waals surface area (Å²) in [6.45, 7) is 0.801. The Hall–Kier alpha value is -2.96. The molecule has 0 amide bonds. The number of hydrogen-bond acceptors (Lipinski definition) is 3. The summed E-state index contributed by atoms with van der Waals surface area (Å²) >= 11 is 0. The maximum Gasteiger partial charge on any atom is 0.416 e. The quantitative estimate of drug-likeness (QED) is 0.723. The molecule has 25 heavy (non-hydrogen) atoms. The maximum absolute atomic E-state index is 13.2. The van der Waals surface area contributed by atoms with Crippen molar-refractivity contribution in [1.29, 1.82) is 0 Å². The molecule has 2 aromatic heterocycles. The van der Waals surface area contributed by atoms with E-state index in [0.29, 0.717) is 23.2 Å². The Morgan fingerprint density at radius 2 is 1.92 bits per heavy atom. The molecule has 4 nitrogen and oxygen atoms in total. The first-order valence-corrected chi connectivity index (χ1v) is 7.66. The predicted octanol–water partition coefficient (Wildman–Crippen LogP) is 3.94. The highest BCUT2D eigenvalue weighted by Crippen LogP contribution is 2.36. The van der Waals surface area contributed by atoms with Gasteiger partial charge in [0.05, 0.1) is 24.8 Å². The molecule has 126 valence electrons. The van der Waals surface area contributed by atoms with Gasteiger partial charge in [-0.15, -0.1) is 0 Å². The van der Waals surface area contributed by atoms with Crippen LogP contribution >= 0.6 is 0 Å². The van der Waals surface area contributed by atoms with Crippen molar-refractivity contribution in [2.45, 2.75) is 19.3 Å². The van der Waals surface area contributed by atoms with Crippen LogP contribution in [0.1, 0.15) is 22.3 Å². The monoisotopic (exact) mass is 342 g/mol. The molecule has 0 saturated heterocycles. The van der Waals surface area contributed by atoms with Gasteiger partial charge in [-0.1, -0.05) is 0 Å². The lowest BCUT2D eigenvalue weighted by Crippen LogP contribution is -2.07. The van der Waals surface area contributed by atoms with Crippen LogP contribution < -0.4 is 0 Å². The Labute approximate surface area is 141 Å². The lowest BCUT2D eigenvalue weighted by Gasteiger charge is -2.12. The number of hydrogen-bond donors (Lipinski definition) is 0. The molecule has 0 spiro atoms. The number of alkyl halides is 3. The van der Waals surface area contributed by atoms with Crippen LogP contribution in [0.4, 0.5) is 13.2 Å². The molecule has 3 aromatic rings. The lowest BCUT2D eigenvalue weighted by atomic mass is 9.96. The number of benzene rings is 1. The minimum Gasteiger partial charge on any atom is -0.288 e. The summed E-state index contributed by atoms with van der Waals surface area (Å²) in [6.07, 6.45) is 3.96. The number of fused-ring (bicyclic) bond motifs is 1. The van der Waals surface area contributed by atoms with Crippen LogP contribution in [0, 0.1) is 0 Å². The number of pyridine rings is 1. The standard InChI is InChI=1S/C18H13F3N4/c19-18(20,21)15-5-13-7-23-9-17(13)16(6-15)14-8-24-25(11-14)10-12-1-3-22-4-2-12/h1-6,8-9,11H,7,10H2. The molecule has 0 atom stereocenters. The third-order valence-electron chi connectivity index (χ3n) is 4.11. The van der Waals surface area contributed by atoms with E-state index in [4.69, 9.17) is 0 Å². The van der Waals surface area contributed by atoms with Crippen molar-refractivity contribution in [2.24, 2.45) is 4.99 Å². The normalized spacial score (nSPS) is 13.2. The van der Waals surface area contributed by atoms with Gasteiger partial charge >= 0.3 is 6.18 Å². The zero-order chi connectivity index (χ0) is 17.4. The highest BCUT2D eigenvalue weighted by Gasteiger charge is 2.32. The van der Waals surface area contributed by atoms with Crippen molar-refractivity contribution in [3.05, 3.63) is 71.3 Å². The summed E-state index contributed by atoms with van der Waals surface area (Å²) in [5.41, 5.74) is 2.83. The first-order chi connectivity index (χ1) is 12.0. The molecule has 0 aliphatic carbocycles. The SMILES string of the molecule is FC(F)(F)c1cc2c(c(-c3cnn(Cc4ccncc4)c3)c1)C=NC2. The van der Waals surface area contributed by atoms with Gasteiger partial charge in [-0.05, 0) is 41.0 Å². The van der Waals surface area contributed by atoms with Crippen LogP contribution in [-0.4, -0.2) is 21.0 Å². The smallest absolute Gasteiger partial charge is 0.288 e. The molecular weight excluding hydrogens is 329 g/mol. The zero-order valence-electron chi connectivity index (χ0n) is 13.0. The molecule has 0 radical (unpaired) electrons. The first-order valence-electron chi connectivity index (χ1n) is 7.66. The number of aliphatic imine (C=N–C) groups is 1. The predicted molar refractivity (Wildman–Crippen MR) is 87.3 cm³/mol. The van der Waals surface area contributed by atoms with E-state index in [-0.39, 0.29) is 6.54 Å². The molecule has 0 fully saturated rings. The molecule has 4 rings (SSSR count). The van der Waals surface area contributed by atoms with Crippen LogP contribution in [0.5, 0.6) is 0 Å². The third kappa shape index (κ3) is 3.05. The highest BCUT2D eigenvalue weighted by molar-refractivity contribution is 5.94.